The van der Waals surface area contributed by atoms with Crippen molar-refractivity contribution in [2.45, 2.75) is 6.92 Å². The summed E-state index contributed by atoms with van der Waals surface area (Å²) in [6.07, 6.45) is 0. The molecule has 0 rings (SSSR count). The number of carbonyl (C=O) groups excluding carboxylic acids is 1. The van der Waals surface area contributed by atoms with Gasteiger partial charge in [0.2, 0.25) is 0 Å². The van der Waals surface area contributed by atoms with Crippen LogP contribution >= 0.6 is 0 Å². The zero-order valence-electron chi connectivity index (χ0n) is 5.52. The third-order valence-electron chi connectivity index (χ3n) is 0.534. The summed E-state index contributed by atoms with van der Waals surface area (Å²) in [5.41, 5.74) is 0.433. The fraction of sp³-hybridized carbons (Fsp3) is 0.400. The molecule has 0 aromatic rings. The first-order valence-corrected chi connectivity index (χ1v) is 1.92. The number of hydrogen-bond donors (Lipinski definition) is 0. The van der Waals surface area contributed by atoms with Crippen LogP contribution in [0.3, 0.4) is 0 Å². The molecule has 0 bridgehead atoms. The van der Waals surface area contributed by atoms with Gasteiger partial charge in [0.05, 0.1) is 7.11 Å². The fourth-order valence-electron chi connectivity index (χ4n) is 0.174. The minimum atomic E-state index is -0.347. The van der Waals surface area contributed by atoms with Gasteiger partial charge in [0.1, 0.15) is 0 Å². The molecule has 0 fully saturated rings. The van der Waals surface area contributed by atoms with E-state index in [9.17, 15) is 4.79 Å². The molecule has 0 N–H and O–H groups in total. The molecule has 0 aliphatic rings. The van der Waals surface area contributed by atoms with Gasteiger partial charge in [0, 0.05) is 24.4 Å². The molecule has 0 spiro atoms. The van der Waals surface area contributed by atoms with E-state index < -0.39 is 0 Å². The summed E-state index contributed by atoms with van der Waals surface area (Å²) in [5.74, 6) is -0.347. The summed E-state index contributed by atoms with van der Waals surface area (Å²) in [7, 11) is 1.33. The smallest absolute Gasteiger partial charge is 0.332 e. The van der Waals surface area contributed by atoms with Crippen molar-refractivity contribution in [2.24, 2.45) is 0 Å². The van der Waals surface area contributed by atoms with Crippen LogP contribution in [0, 0.1) is 0 Å². The number of methoxy groups -OCH3 is 1. The Labute approximate surface area is 61.1 Å². The van der Waals surface area contributed by atoms with E-state index in [2.05, 4.69) is 11.3 Å². The normalized spacial score (nSPS) is 6.75. The van der Waals surface area contributed by atoms with E-state index in [0.717, 1.165) is 0 Å². The Morgan fingerprint density at radius 3 is 2.00 bits per heavy atom. The van der Waals surface area contributed by atoms with Gasteiger partial charge in [0.25, 0.3) is 0 Å². The van der Waals surface area contributed by atoms with Crippen molar-refractivity contribution >= 4 is 24.8 Å². The molecule has 3 heteroatoms. The molecule has 0 unspecified atom stereocenters. The number of ether oxygens (including phenoxy) is 1. The van der Waals surface area contributed by atoms with Gasteiger partial charge in [-0.15, -0.1) is 0 Å². The molecule has 2 nitrogen and oxygen atoms in total. The molecule has 0 saturated carbocycles. The van der Waals surface area contributed by atoms with Crippen LogP contribution in [-0.4, -0.2) is 31.9 Å². The fourth-order valence-corrected chi connectivity index (χ4v) is 0.174. The molecular weight excluding hydrogens is 99.0 g/mol. The van der Waals surface area contributed by atoms with Gasteiger partial charge in [-0.05, 0) is 6.92 Å². The molecule has 0 aromatic heterocycles. The second-order valence-corrected chi connectivity index (χ2v) is 1.27. The van der Waals surface area contributed by atoms with Gasteiger partial charge in [-0.25, -0.2) is 4.79 Å². The topological polar surface area (TPSA) is 26.3 Å². The Bertz CT molecular complexity index is 98.6. The van der Waals surface area contributed by atoms with Crippen LogP contribution in [0.1, 0.15) is 6.92 Å². The number of carbonyl (C=O) groups is 1. The largest absolute Gasteiger partial charge is 0.466 e. The third kappa shape index (κ3) is 3.98. The molecule has 0 aliphatic carbocycles. The van der Waals surface area contributed by atoms with Crippen molar-refractivity contribution in [2.75, 3.05) is 7.11 Å². The molecule has 0 atom stereocenters. The molecule has 0 amide bonds. The minimum absolute atomic E-state index is 0. The molecule has 8 heavy (non-hydrogen) atoms. The van der Waals surface area contributed by atoms with Crippen molar-refractivity contribution in [3.63, 3.8) is 0 Å². The second kappa shape index (κ2) is 4.95. The van der Waals surface area contributed by atoms with Gasteiger partial charge in [-0.1, -0.05) is 6.58 Å². The molecule has 41 valence electrons. The monoisotopic (exact) mass is 107 g/mol. The van der Waals surface area contributed by atoms with Crippen molar-refractivity contribution in [3.05, 3.63) is 12.2 Å². The van der Waals surface area contributed by atoms with Crippen LogP contribution in [0.4, 0.5) is 0 Å². The summed E-state index contributed by atoms with van der Waals surface area (Å²) in [6, 6.07) is 0. The van der Waals surface area contributed by atoms with Crippen LogP contribution in [-0.2, 0) is 9.53 Å². The number of esters is 1. The Hall–Kier alpha value is -0.193. The summed E-state index contributed by atoms with van der Waals surface area (Å²) in [6.45, 7) is 4.95. The maximum absolute atomic E-state index is 10.2. The number of rotatable bonds is 1. The SMILES string of the molecule is C=C(C)C(=O)OC.[Li]. The van der Waals surface area contributed by atoms with Crippen LogP contribution in [0.2, 0.25) is 0 Å². The van der Waals surface area contributed by atoms with Gasteiger partial charge < -0.3 is 4.74 Å². The third-order valence-corrected chi connectivity index (χ3v) is 0.534. The molecule has 0 aromatic carbocycles. The predicted molar refractivity (Wildman–Crippen MR) is 32.6 cm³/mol. The van der Waals surface area contributed by atoms with Crippen LogP contribution in [0.15, 0.2) is 12.2 Å². The summed E-state index contributed by atoms with van der Waals surface area (Å²) in [5, 5.41) is 0. The quantitative estimate of drug-likeness (QED) is 0.274. The molecule has 0 saturated heterocycles. The van der Waals surface area contributed by atoms with Crippen molar-refractivity contribution in [1.82, 2.24) is 0 Å². The van der Waals surface area contributed by atoms with E-state index in [1.54, 1.807) is 6.92 Å². The van der Waals surface area contributed by atoms with E-state index in [4.69, 9.17) is 0 Å². The first-order valence-electron chi connectivity index (χ1n) is 1.92. The summed E-state index contributed by atoms with van der Waals surface area (Å²) >= 11 is 0. The average Bonchev–Trinajstić information content (AvgIpc) is 1.65. The minimum Gasteiger partial charge on any atom is -0.466 e. The molecule has 0 heterocycles. The number of hydrogen-bond acceptors (Lipinski definition) is 2. The molecule has 0 aliphatic heterocycles. The first-order chi connectivity index (χ1) is 3.18. The Morgan fingerprint density at radius 2 is 2.00 bits per heavy atom. The summed E-state index contributed by atoms with van der Waals surface area (Å²) < 4.78 is 4.27. The van der Waals surface area contributed by atoms with Gasteiger partial charge in [-0.3, -0.25) is 0 Å². The Morgan fingerprint density at radius 1 is 1.62 bits per heavy atom. The van der Waals surface area contributed by atoms with E-state index >= 15 is 0 Å². The van der Waals surface area contributed by atoms with Gasteiger partial charge in [0.15, 0.2) is 0 Å². The molecule has 1 radical (unpaired) electrons. The average molecular weight is 107 g/mol. The van der Waals surface area contributed by atoms with Gasteiger partial charge in [-0.2, -0.15) is 0 Å². The maximum atomic E-state index is 10.2. The maximum Gasteiger partial charge on any atom is 0.332 e. The van der Waals surface area contributed by atoms with Crippen LogP contribution in [0.25, 0.3) is 0 Å². The van der Waals surface area contributed by atoms with Gasteiger partial charge >= 0.3 is 5.97 Å². The Balaban J connectivity index is 0. The summed E-state index contributed by atoms with van der Waals surface area (Å²) in [4.78, 5) is 10.2. The zero-order chi connectivity index (χ0) is 5.86. The predicted octanol–water partition coefficient (Wildman–Crippen LogP) is 0.355. The van der Waals surface area contributed by atoms with E-state index in [0.29, 0.717) is 5.57 Å². The van der Waals surface area contributed by atoms with E-state index in [1.165, 1.54) is 7.11 Å². The van der Waals surface area contributed by atoms with Crippen LogP contribution < -0.4 is 0 Å². The van der Waals surface area contributed by atoms with Crippen molar-refractivity contribution in [3.8, 4) is 0 Å². The molecular formula is C5H8LiO2. The standard InChI is InChI=1S/C5H8O2.Li/c1-4(2)5(6)7-3;/h1H2,2-3H3;. The zero-order valence-corrected chi connectivity index (χ0v) is 5.52. The Kier molecular flexibility index (Phi) is 6.64. The van der Waals surface area contributed by atoms with E-state index in [-0.39, 0.29) is 24.8 Å². The van der Waals surface area contributed by atoms with Crippen molar-refractivity contribution < 1.29 is 9.53 Å². The first kappa shape index (κ1) is 10.7. The van der Waals surface area contributed by atoms with Crippen molar-refractivity contribution in [1.29, 1.82) is 0 Å². The van der Waals surface area contributed by atoms with Crippen LogP contribution in [0.5, 0.6) is 0 Å². The second-order valence-electron chi connectivity index (χ2n) is 1.27. The van der Waals surface area contributed by atoms with E-state index in [1.807, 2.05) is 0 Å².